The minimum Gasteiger partial charge on any atom is -0.478 e. The molecule has 170 valence electrons. The van der Waals surface area contributed by atoms with Crippen molar-refractivity contribution in [2.45, 2.75) is 11.3 Å². The highest BCUT2D eigenvalue weighted by molar-refractivity contribution is 7.98. The molecular weight excluding hydrogens is 472 g/mol. The standard InChI is InChI=1S/C25H18N2O5S2/c1-33-17-6-3-15(4-7-17)24(28)18(10-14-2-9-21-22(11-14)32-13-31-21)23(25(29)30)16-5-8-19-20(12-16)27-34-26-19/h2-9,11-12H,10,13H2,1H3,(H,29,30)/b23-18+. The number of aliphatic carboxylic acids is 1. The molecule has 0 unspecified atom stereocenters. The van der Waals surface area contributed by atoms with Gasteiger partial charge in [0.2, 0.25) is 6.79 Å². The zero-order valence-electron chi connectivity index (χ0n) is 18.0. The molecule has 1 aromatic heterocycles. The number of Topliss-reactive ketones (excluding diaryl/α,β-unsaturated/α-hetero) is 1. The molecule has 7 nitrogen and oxygen atoms in total. The van der Waals surface area contributed by atoms with Crippen molar-refractivity contribution in [1.82, 2.24) is 8.75 Å². The fraction of sp³-hybridized carbons (Fsp3) is 0.120. The number of ether oxygens (including phenoxy) is 2. The summed E-state index contributed by atoms with van der Waals surface area (Å²) in [6.07, 6.45) is 2.06. The second-order valence-corrected chi connectivity index (χ2v) is 8.96. The lowest BCUT2D eigenvalue weighted by molar-refractivity contribution is -0.130. The summed E-state index contributed by atoms with van der Waals surface area (Å²) < 4.78 is 19.2. The fourth-order valence-corrected chi connectivity index (χ4v) is 4.74. The van der Waals surface area contributed by atoms with E-state index >= 15 is 0 Å². The van der Waals surface area contributed by atoms with Crippen LogP contribution in [0.2, 0.25) is 0 Å². The Labute approximate surface area is 203 Å². The van der Waals surface area contributed by atoms with E-state index in [1.165, 1.54) is 0 Å². The molecule has 5 rings (SSSR count). The molecule has 0 radical (unpaired) electrons. The first-order valence-corrected chi connectivity index (χ1v) is 12.3. The number of benzene rings is 3. The summed E-state index contributed by atoms with van der Waals surface area (Å²) in [6.45, 7) is 0.129. The van der Waals surface area contributed by atoms with Crippen LogP contribution in [-0.2, 0) is 11.2 Å². The topological polar surface area (TPSA) is 98.6 Å². The molecule has 0 amide bonds. The average molecular weight is 491 g/mol. The molecule has 0 atom stereocenters. The lowest BCUT2D eigenvalue weighted by Gasteiger charge is -2.14. The molecule has 3 aromatic carbocycles. The summed E-state index contributed by atoms with van der Waals surface area (Å²) in [7, 11) is 0. The number of fused-ring (bicyclic) bond motifs is 2. The van der Waals surface area contributed by atoms with Gasteiger partial charge in [0, 0.05) is 22.5 Å². The number of thioether (sulfide) groups is 1. The van der Waals surface area contributed by atoms with Crippen LogP contribution in [0.3, 0.4) is 0 Å². The van der Waals surface area contributed by atoms with Gasteiger partial charge in [-0.25, -0.2) is 4.79 Å². The Morgan fingerprint density at radius 2 is 1.68 bits per heavy atom. The number of carbonyl (C=O) groups is 2. The monoisotopic (exact) mass is 490 g/mol. The molecule has 0 fully saturated rings. The first kappa shape index (κ1) is 22.1. The van der Waals surface area contributed by atoms with Crippen molar-refractivity contribution in [3.8, 4) is 11.5 Å². The van der Waals surface area contributed by atoms with Gasteiger partial charge in [-0.2, -0.15) is 8.75 Å². The number of nitrogens with zero attached hydrogens (tertiary/aromatic N) is 2. The molecule has 0 spiro atoms. The van der Waals surface area contributed by atoms with Crippen LogP contribution in [0.15, 0.2) is 71.1 Å². The molecule has 1 aliphatic heterocycles. The van der Waals surface area contributed by atoms with Crippen LogP contribution in [-0.4, -0.2) is 38.7 Å². The molecule has 1 N–H and O–H groups in total. The van der Waals surface area contributed by atoms with Crippen LogP contribution < -0.4 is 9.47 Å². The molecule has 1 aliphatic rings. The summed E-state index contributed by atoms with van der Waals surface area (Å²) in [4.78, 5) is 27.3. The van der Waals surface area contributed by atoms with E-state index in [-0.39, 0.29) is 30.1 Å². The largest absolute Gasteiger partial charge is 0.478 e. The van der Waals surface area contributed by atoms with E-state index in [2.05, 4.69) is 8.75 Å². The molecule has 9 heteroatoms. The molecule has 4 aromatic rings. The molecule has 34 heavy (non-hydrogen) atoms. The van der Waals surface area contributed by atoms with Crippen LogP contribution in [0.1, 0.15) is 21.5 Å². The third-order valence-electron chi connectivity index (χ3n) is 5.50. The van der Waals surface area contributed by atoms with E-state index in [9.17, 15) is 14.7 Å². The molecular formula is C25H18N2O5S2. The fourth-order valence-electron chi connectivity index (χ4n) is 3.82. The van der Waals surface area contributed by atoms with Gasteiger partial charge in [-0.05, 0) is 65.9 Å². The number of ketones is 1. The quantitative estimate of drug-likeness (QED) is 0.217. The number of carbonyl (C=O) groups excluding carboxylic acids is 1. The molecule has 0 aliphatic carbocycles. The smallest absolute Gasteiger partial charge is 0.336 e. The van der Waals surface area contributed by atoms with Crippen molar-refractivity contribution in [3.63, 3.8) is 0 Å². The van der Waals surface area contributed by atoms with E-state index in [1.54, 1.807) is 54.2 Å². The van der Waals surface area contributed by atoms with E-state index in [0.29, 0.717) is 33.7 Å². The minimum atomic E-state index is -1.19. The maximum Gasteiger partial charge on any atom is 0.336 e. The Kier molecular flexibility index (Phi) is 6.04. The second kappa shape index (κ2) is 9.28. The Morgan fingerprint density at radius 3 is 2.44 bits per heavy atom. The SMILES string of the molecule is CSc1ccc(C(=O)/C(Cc2ccc3c(c2)OCO3)=C(/C(=O)O)c2ccc3nsnc3c2)cc1. The highest BCUT2D eigenvalue weighted by Crippen LogP contribution is 2.35. The summed E-state index contributed by atoms with van der Waals surface area (Å²) in [5, 5.41) is 10.2. The van der Waals surface area contributed by atoms with Crippen molar-refractivity contribution >= 4 is 51.8 Å². The number of carboxylic acid groups (broad SMARTS) is 1. The van der Waals surface area contributed by atoms with E-state index in [4.69, 9.17) is 9.47 Å². The zero-order valence-corrected chi connectivity index (χ0v) is 19.6. The van der Waals surface area contributed by atoms with Crippen molar-refractivity contribution in [3.05, 3.63) is 82.9 Å². The lowest BCUT2D eigenvalue weighted by atomic mass is 9.89. The van der Waals surface area contributed by atoms with Gasteiger partial charge in [0.15, 0.2) is 17.3 Å². The van der Waals surface area contributed by atoms with Gasteiger partial charge in [-0.15, -0.1) is 11.8 Å². The number of aromatic nitrogens is 2. The second-order valence-electron chi connectivity index (χ2n) is 7.55. The van der Waals surface area contributed by atoms with Crippen LogP contribution in [0.5, 0.6) is 11.5 Å². The molecule has 0 saturated heterocycles. The first-order chi connectivity index (χ1) is 16.5. The number of allylic oxidation sites excluding steroid dienone is 1. The molecule has 0 saturated carbocycles. The van der Waals surface area contributed by atoms with E-state index < -0.39 is 5.97 Å². The summed E-state index contributed by atoms with van der Waals surface area (Å²) in [6, 6.07) is 17.5. The van der Waals surface area contributed by atoms with Gasteiger partial charge < -0.3 is 14.6 Å². The number of hydrogen-bond acceptors (Lipinski definition) is 8. The Balaban J connectivity index is 1.65. The summed E-state index contributed by atoms with van der Waals surface area (Å²) >= 11 is 2.62. The maximum absolute atomic E-state index is 13.7. The van der Waals surface area contributed by atoms with E-state index in [0.717, 1.165) is 22.2 Å². The summed E-state index contributed by atoms with van der Waals surface area (Å²) in [5.41, 5.74) is 2.93. The predicted molar refractivity (Wildman–Crippen MR) is 131 cm³/mol. The van der Waals surface area contributed by atoms with Gasteiger partial charge in [-0.1, -0.05) is 12.1 Å². The van der Waals surface area contributed by atoms with Crippen molar-refractivity contribution < 1.29 is 24.2 Å². The normalized spacial score (nSPS) is 13.1. The van der Waals surface area contributed by atoms with Crippen LogP contribution in [0, 0.1) is 0 Å². The van der Waals surface area contributed by atoms with E-state index in [1.807, 2.05) is 24.5 Å². The maximum atomic E-state index is 13.7. The number of carboxylic acids is 1. The Bertz CT molecular complexity index is 1440. The highest BCUT2D eigenvalue weighted by atomic mass is 32.2. The van der Waals surface area contributed by atoms with Gasteiger partial charge >= 0.3 is 5.97 Å². The summed E-state index contributed by atoms with van der Waals surface area (Å²) in [5.74, 6) is -0.347. The van der Waals surface area contributed by atoms with Gasteiger partial charge in [0.1, 0.15) is 11.0 Å². The average Bonchev–Trinajstić information content (AvgIpc) is 3.51. The minimum absolute atomic E-state index is 0.0634. The third-order valence-corrected chi connectivity index (χ3v) is 6.80. The Morgan fingerprint density at radius 1 is 0.941 bits per heavy atom. The lowest BCUT2D eigenvalue weighted by Crippen LogP contribution is -2.14. The predicted octanol–water partition coefficient (Wildman–Crippen LogP) is 5.11. The van der Waals surface area contributed by atoms with Gasteiger partial charge in [0.25, 0.3) is 0 Å². The third kappa shape index (κ3) is 4.27. The van der Waals surface area contributed by atoms with Crippen LogP contribution in [0.4, 0.5) is 0 Å². The van der Waals surface area contributed by atoms with Crippen LogP contribution in [0.25, 0.3) is 16.6 Å². The van der Waals surface area contributed by atoms with Gasteiger partial charge in [-0.3, -0.25) is 4.79 Å². The number of hydrogen-bond donors (Lipinski definition) is 1. The van der Waals surface area contributed by atoms with Gasteiger partial charge in [0.05, 0.1) is 17.3 Å². The van der Waals surface area contributed by atoms with Crippen molar-refractivity contribution in [1.29, 1.82) is 0 Å². The van der Waals surface area contributed by atoms with Crippen molar-refractivity contribution in [2.24, 2.45) is 0 Å². The van der Waals surface area contributed by atoms with Crippen molar-refractivity contribution in [2.75, 3.05) is 13.0 Å². The molecule has 2 heterocycles. The number of rotatable bonds is 7. The zero-order chi connectivity index (χ0) is 23.7. The Hall–Kier alpha value is -3.69. The first-order valence-electron chi connectivity index (χ1n) is 10.3. The molecule has 0 bridgehead atoms. The van der Waals surface area contributed by atoms with Crippen LogP contribution >= 0.6 is 23.5 Å². The highest BCUT2D eigenvalue weighted by Gasteiger charge is 2.25.